The molecule has 142 valence electrons. The standard InChI is InChI=1S/C20H21Cl2N3O2/c1-2-27-19-17(21)11-14(12-18(19)22)13-23-24-20(26)15-5-7-16(8-6-15)25-9-3-4-10-25/h5-8,11-13H,2-4,9-10H2,1H3,(H,24,26)/b23-13-. The second-order valence-corrected chi connectivity index (χ2v) is 7.00. The quantitative estimate of drug-likeness (QED) is 0.556. The fraction of sp³-hybridized carbons (Fsp3) is 0.300. The van der Waals surface area contributed by atoms with Gasteiger partial charge in [-0.15, -0.1) is 0 Å². The number of hydrogen-bond acceptors (Lipinski definition) is 4. The summed E-state index contributed by atoms with van der Waals surface area (Å²) in [6.07, 6.45) is 3.93. The third-order valence-electron chi connectivity index (χ3n) is 4.29. The van der Waals surface area contributed by atoms with E-state index in [0.717, 1.165) is 18.8 Å². The van der Waals surface area contributed by atoms with Crippen LogP contribution in [0.15, 0.2) is 41.5 Å². The highest BCUT2D eigenvalue weighted by Crippen LogP contribution is 2.33. The van der Waals surface area contributed by atoms with Crippen molar-refractivity contribution in [2.24, 2.45) is 5.10 Å². The predicted molar refractivity (Wildman–Crippen MR) is 111 cm³/mol. The van der Waals surface area contributed by atoms with Crippen LogP contribution in [0.2, 0.25) is 10.0 Å². The van der Waals surface area contributed by atoms with E-state index in [0.29, 0.717) is 33.5 Å². The third kappa shape index (κ3) is 4.93. The van der Waals surface area contributed by atoms with E-state index in [1.807, 2.05) is 31.2 Å². The number of anilines is 1. The summed E-state index contributed by atoms with van der Waals surface area (Å²) in [7, 11) is 0. The molecule has 7 heteroatoms. The van der Waals surface area contributed by atoms with Gasteiger partial charge in [-0.1, -0.05) is 23.2 Å². The Morgan fingerprint density at radius 2 is 1.81 bits per heavy atom. The Balaban J connectivity index is 1.61. The molecule has 1 aliphatic heterocycles. The van der Waals surface area contributed by atoms with Crippen LogP contribution in [-0.4, -0.2) is 31.8 Å². The minimum atomic E-state index is -0.276. The van der Waals surface area contributed by atoms with Crippen molar-refractivity contribution >= 4 is 41.0 Å². The summed E-state index contributed by atoms with van der Waals surface area (Å²) in [5, 5.41) is 4.78. The summed E-state index contributed by atoms with van der Waals surface area (Å²) in [6, 6.07) is 10.9. The van der Waals surface area contributed by atoms with Crippen molar-refractivity contribution in [1.82, 2.24) is 5.43 Å². The lowest BCUT2D eigenvalue weighted by molar-refractivity contribution is 0.0955. The Morgan fingerprint density at radius 3 is 2.41 bits per heavy atom. The van der Waals surface area contributed by atoms with Crippen molar-refractivity contribution in [3.63, 3.8) is 0 Å². The zero-order valence-corrected chi connectivity index (χ0v) is 16.6. The first-order valence-corrected chi connectivity index (χ1v) is 9.64. The average molecular weight is 406 g/mol. The van der Waals surface area contributed by atoms with Crippen LogP contribution in [0.25, 0.3) is 0 Å². The second-order valence-electron chi connectivity index (χ2n) is 6.19. The maximum atomic E-state index is 12.2. The number of nitrogens with one attached hydrogen (secondary N) is 1. The number of hydrogen-bond donors (Lipinski definition) is 1. The molecule has 27 heavy (non-hydrogen) atoms. The highest BCUT2D eigenvalue weighted by molar-refractivity contribution is 6.37. The first-order chi connectivity index (χ1) is 13.1. The van der Waals surface area contributed by atoms with E-state index in [-0.39, 0.29) is 5.91 Å². The maximum Gasteiger partial charge on any atom is 0.271 e. The van der Waals surface area contributed by atoms with Gasteiger partial charge in [-0.3, -0.25) is 4.79 Å². The van der Waals surface area contributed by atoms with Gasteiger partial charge in [-0.25, -0.2) is 5.43 Å². The topological polar surface area (TPSA) is 53.9 Å². The molecular weight excluding hydrogens is 385 g/mol. The summed E-state index contributed by atoms with van der Waals surface area (Å²) in [5.74, 6) is 0.169. The molecular formula is C20H21Cl2N3O2. The number of nitrogens with zero attached hydrogens (tertiary/aromatic N) is 2. The number of ether oxygens (including phenoxy) is 1. The number of amides is 1. The van der Waals surface area contributed by atoms with Crippen molar-refractivity contribution in [2.45, 2.75) is 19.8 Å². The Morgan fingerprint density at radius 1 is 1.19 bits per heavy atom. The van der Waals surface area contributed by atoms with E-state index < -0.39 is 0 Å². The van der Waals surface area contributed by atoms with Gasteiger partial charge in [-0.2, -0.15) is 5.10 Å². The molecule has 1 fully saturated rings. The SMILES string of the molecule is CCOc1c(Cl)cc(/C=N\NC(=O)c2ccc(N3CCCC3)cc2)cc1Cl. The molecule has 0 unspecified atom stereocenters. The number of benzene rings is 2. The normalized spacial score (nSPS) is 14.0. The van der Waals surface area contributed by atoms with Crippen LogP contribution < -0.4 is 15.1 Å². The molecule has 0 spiro atoms. The van der Waals surface area contributed by atoms with Crippen LogP contribution in [0.5, 0.6) is 5.75 Å². The van der Waals surface area contributed by atoms with Crippen molar-refractivity contribution in [3.05, 3.63) is 57.6 Å². The molecule has 0 aliphatic carbocycles. The molecule has 2 aromatic rings. The van der Waals surface area contributed by atoms with Crippen LogP contribution in [0, 0.1) is 0 Å². The lowest BCUT2D eigenvalue weighted by atomic mass is 10.2. The van der Waals surface area contributed by atoms with Gasteiger partial charge in [0, 0.05) is 24.3 Å². The van der Waals surface area contributed by atoms with Crippen molar-refractivity contribution in [2.75, 3.05) is 24.6 Å². The average Bonchev–Trinajstić information content (AvgIpc) is 3.19. The molecule has 0 aromatic heterocycles. The molecule has 1 heterocycles. The molecule has 2 aromatic carbocycles. The van der Waals surface area contributed by atoms with E-state index >= 15 is 0 Å². The molecule has 0 atom stereocenters. The fourth-order valence-electron chi connectivity index (χ4n) is 2.97. The lowest BCUT2D eigenvalue weighted by Gasteiger charge is -2.17. The van der Waals surface area contributed by atoms with E-state index in [1.54, 1.807) is 12.1 Å². The van der Waals surface area contributed by atoms with E-state index in [1.165, 1.54) is 19.1 Å². The van der Waals surface area contributed by atoms with Gasteiger partial charge in [0.1, 0.15) is 0 Å². The monoisotopic (exact) mass is 405 g/mol. The van der Waals surface area contributed by atoms with E-state index in [9.17, 15) is 4.79 Å². The molecule has 1 saturated heterocycles. The van der Waals surface area contributed by atoms with Crippen molar-refractivity contribution < 1.29 is 9.53 Å². The van der Waals surface area contributed by atoms with Crippen molar-refractivity contribution in [1.29, 1.82) is 0 Å². The van der Waals surface area contributed by atoms with Gasteiger partial charge < -0.3 is 9.64 Å². The number of carbonyl (C=O) groups excluding carboxylic acids is 1. The number of rotatable bonds is 6. The predicted octanol–water partition coefficient (Wildman–Crippen LogP) is 4.76. The second kappa shape index (κ2) is 9.11. The van der Waals surface area contributed by atoms with Crippen LogP contribution in [0.1, 0.15) is 35.7 Å². The van der Waals surface area contributed by atoms with Crippen LogP contribution in [-0.2, 0) is 0 Å². The molecule has 1 aliphatic rings. The summed E-state index contributed by atoms with van der Waals surface area (Å²) in [5.41, 5.74) is 4.88. The molecule has 1 N–H and O–H groups in total. The van der Waals surface area contributed by atoms with Gasteiger partial charge in [0.2, 0.25) is 0 Å². The summed E-state index contributed by atoms with van der Waals surface area (Å²) in [6.45, 7) is 4.47. The van der Waals surface area contributed by atoms with Gasteiger partial charge in [0.05, 0.1) is 22.9 Å². The Labute approximate surface area is 168 Å². The highest BCUT2D eigenvalue weighted by atomic mass is 35.5. The molecule has 3 rings (SSSR count). The summed E-state index contributed by atoms with van der Waals surface area (Å²) >= 11 is 12.3. The van der Waals surface area contributed by atoms with Crippen molar-refractivity contribution in [3.8, 4) is 5.75 Å². The number of halogens is 2. The Bertz CT molecular complexity index is 809. The smallest absolute Gasteiger partial charge is 0.271 e. The molecule has 0 radical (unpaired) electrons. The Hall–Kier alpha value is -2.24. The van der Waals surface area contributed by atoms with Crippen LogP contribution in [0.3, 0.4) is 0 Å². The van der Waals surface area contributed by atoms with Gasteiger partial charge in [-0.05, 0) is 61.7 Å². The lowest BCUT2D eigenvalue weighted by Crippen LogP contribution is -2.19. The summed E-state index contributed by atoms with van der Waals surface area (Å²) in [4.78, 5) is 14.5. The maximum absolute atomic E-state index is 12.2. The summed E-state index contributed by atoms with van der Waals surface area (Å²) < 4.78 is 5.39. The minimum absolute atomic E-state index is 0.276. The first kappa shape index (κ1) is 19.5. The molecule has 5 nitrogen and oxygen atoms in total. The first-order valence-electron chi connectivity index (χ1n) is 8.88. The Kier molecular flexibility index (Phi) is 6.58. The minimum Gasteiger partial charge on any atom is -0.491 e. The zero-order valence-electron chi connectivity index (χ0n) is 15.0. The van der Waals surface area contributed by atoms with Gasteiger partial charge in [0.15, 0.2) is 5.75 Å². The van der Waals surface area contributed by atoms with Gasteiger partial charge >= 0.3 is 0 Å². The fourth-order valence-corrected chi connectivity index (χ4v) is 3.58. The van der Waals surface area contributed by atoms with Gasteiger partial charge in [0.25, 0.3) is 5.91 Å². The molecule has 0 bridgehead atoms. The highest BCUT2D eigenvalue weighted by Gasteiger charge is 2.13. The van der Waals surface area contributed by atoms with E-state index in [2.05, 4.69) is 15.4 Å². The number of hydrazone groups is 1. The largest absolute Gasteiger partial charge is 0.491 e. The molecule has 1 amide bonds. The van der Waals surface area contributed by atoms with E-state index in [4.69, 9.17) is 27.9 Å². The van der Waals surface area contributed by atoms with Crippen LogP contribution in [0.4, 0.5) is 5.69 Å². The van der Waals surface area contributed by atoms with Crippen LogP contribution >= 0.6 is 23.2 Å². The number of carbonyl (C=O) groups is 1. The third-order valence-corrected chi connectivity index (χ3v) is 4.85. The molecule has 0 saturated carbocycles. The zero-order chi connectivity index (χ0) is 19.2.